The molecule has 0 bridgehead atoms. The summed E-state index contributed by atoms with van der Waals surface area (Å²) < 4.78 is 11.6. The molecule has 0 amide bonds. The van der Waals surface area contributed by atoms with Crippen LogP contribution in [0.4, 0.5) is 0 Å². The molecule has 1 aromatic rings. The number of hydrogen-bond acceptors (Lipinski definition) is 3. The van der Waals surface area contributed by atoms with E-state index in [9.17, 15) is 4.21 Å². The van der Waals surface area contributed by atoms with E-state index in [0.717, 1.165) is 32.6 Å². The molecule has 0 spiro atoms. The minimum atomic E-state index is -0.749. The Hall–Kier alpha value is -0.710. The molecular formula is C16H26N2OS. The van der Waals surface area contributed by atoms with Crippen LogP contribution in [-0.2, 0) is 16.3 Å². The van der Waals surface area contributed by atoms with Gasteiger partial charge in [-0.1, -0.05) is 30.3 Å². The Labute approximate surface area is 125 Å². The summed E-state index contributed by atoms with van der Waals surface area (Å²) in [5, 5.41) is 3.92. The van der Waals surface area contributed by atoms with Gasteiger partial charge < -0.3 is 5.32 Å². The highest BCUT2D eigenvalue weighted by Crippen LogP contribution is 2.24. The van der Waals surface area contributed by atoms with Crippen molar-refractivity contribution < 1.29 is 4.21 Å². The van der Waals surface area contributed by atoms with Crippen LogP contribution in [0.3, 0.4) is 0 Å². The van der Waals surface area contributed by atoms with E-state index in [2.05, 4.69) is 54.4 Å². The van der Waals surface area contributed by atoms with Gasteiger partial charge in [-0.2, -0.15) is 0 Å². The van der Waals surface area contributed by atoms with Crippen molar-refractivity contribution >= 4 is 10.8 Å². The largest absolute Gasteiger partial charge is 0.307 e. The molecule has 0 aromatic heterocycles. The second-order valence-electron chi connectivity index (χ2n) is 6.02. The Kier molecular flexibility index (Phi) is 5.35. The first kappa shape index (κ1) is 15.7. The quantitative estimate of drug-likeness (QED) is 0.921. The van der Waals surface area contributed by atoms with Crippen molar-refractivity contribution in [2.45, 2.75) is 31.1 Å². The SMILES string of the molecule is CC(CN1CCCNC(C)(c2ccccc2)C1)S(C)=O. The average Bonchev–Trinajstić information content (AvgIpc) is 2.62. The number of hydrogen-bond donors (Lipinski definition) is 1. The van der Waals surface area contributed by atoms with Gasteiger partial charge in [-0.25, -0.2) is 0 Å². The zero-order valence-electron chi connectivity index (χ0n) is 12.8. The van der Waals surface area contributed by atoms with Gasteiger partial charge >= 0.3 is 0 Å². The number of benzene rings is 1. The van der Waals surface area contributed by atoms with Crippen LogP contribution in [0.5, 0.6) is 0 Å². The summed E-state index contributed by atoms with van der Waals surface area (Å²) in [4.78, 5) is 2.46. The van der Waals surface area contributed by atoms with Crippen molar-refractivity contribution in [1.29, 1.82) is 0 Å². The van der Waals surface area contributed by atoms with Gasteiger partial charge in [0.05, 0.1) is 5.54 Å². The molecule has 0 saturated carbocycles. The summed E-state index contributed by atoms with van der Waals surface area (Å²) >= 11 is 0. The van der Waals surface area contributed by atoms with E-state index in [1.54, 1.807) is 6.26 Å². The molecule has 20 heavy (non-hydrogen) atoms. The van der Waals surface area contributed by atoms with Gasteiger partial charge in [-0.15, -0.1) is 0 Å². The van der Waals surface area contributed by atoms with E-state index in [1.807, 2.05) is 0 Å². The molecule has 1 fully saturated rings. The summed E-state index contributed by atoms with van der Waals surface area (Å²) in [6, 6.07) is 10.6. The zero-order valence-corrected chi connectivity index (χ0v) is 13.6. The van der Waals surface area contributed by atoms with Crippen molar-refractivity contribution in [2.24, 2.45) is 0 Å². The smallest absolute Gasteiger partial charge is 0.0534 e. The summed E-state index contributed by atoms with van der Waals surface area (Å²) in [6.45, 7) is 8.34. The normalized spacial score (nSPS) is 27.8. The highest BCUT2D eigenvalue weighted by Gasteiger charge is 2.31. The minimum absolute atomic E-state index is 0.0211. The van der Waals surface area contributed by atoms with E-state index in [1.165, 1.54) is 5.56 Å². The fraction of sp³-hybridized carbons (Fsp3) is 0.625. The van der Waals surface area contributed by atoms with Crippen LogP contribution in [0.2, 0.25) is 0 Å². The fourth-order valence-corrected chi connectivity index (χ4v) is 3.29. The Morgan fingerprint density at radius 3 is 2.75 bits per heavy atom. The zero-order chi connectivity index (χ0) is 14.6. The molecule has 0 radical (unpaired) electrons. The van der Waals surface area contributed by atoms with Crippen molar-refractivity contribution in [1.82, 2.24) is 10.2 Å². The lowest BCUT2D eigenvalue weighted by atomic mass is 9.91. The van der Waals surface area contributed by atoms with Crippen molar-refractivity contribution in [2.75, 3.05) is 32.4 Å². The topological polar surface area (TPSA) is 32.3 Å². The third kappa shape index (κ3) is 3.90. The van der Waals surface area contributed by atoms with Crippen molar-refractivity contribution in [3.8, 4) is 0 Å². The maximum atomic E-state index is 11.6. The third-order valence-corrected chi connectivity index (χ3v) is 5.48. The first-order chi connectivity index (χ1) is 9.51. The highest BCUT2D eigenvalue weighted by atomic mass is 32.2. The molecule has 1 aliphatic rings. The second-order valence-corrected chi connectivity index (χ2v) is 7.82. The number of nitrogens with zero attached hydrogens (tertiary/aromatic N) is 1. The predicted molar refractivity (Wildman–Crippen MR) is 86.4 cm³/mol. The van der Waals surface area contributed by atoms with E-state index in [-0.39, 0.29) is 10.8 Å². The summed E-state index contributed by atoms with van der Waals surface area (Å²) in [7, 11) is -0.749. The standard InChI is InChI=1S/C16H26N2OS/c1-14(20(3)19)12-18-11-7-10-17-16(2,13-18)15-8-5-4-6-9-15/h4-6,8-9,14,17H,7,10-13H2,1-3H3. The van der Waals surface area contributed by atoms with Crippen LogP contribution in [0.15, 0.2) is 30.3 Å². The monoisotopic (exact) mass is 294 g/mol. The van der Waals surface area contributed by atoms with Crippen LogP contribution in [0.25, 0.3) is 0 Å². The van der Waals surface area contributed by atoms with Crippen molar-refractivity contribution in [3.05, 3.63) is 35.9 Å². The maximum Gasteiger partial charge on any atom is 0.0534 e. The third-order valence-electron chi connectivity index (χ3n) is 4.20. The van der Waals surface area contributed by atoms with Crippen LogP contribution in [0.1, 0.15) is 25.8 Å². The molecular weight excluding hydrogens is 268 g/mol. The van der Waals surface area contributed by atoms with Crippen LogP contribution in [0, 0.1) is 0 Å². The van der Waals surface area contributed by atoms with Gasteiger partial charge in [-0.3, -0.25) is 9.11 Å². The Bertz CT molecular complexity index is 451. The molecule has 1 aliphatic heterocycles. The molecule has 3 unspecified atom stereocenters. The van der Waals surface area contributed by atoms with Crippen LogP contribution < -0.4 is 5.32 Å². The van der Waals surface area contributed by atoms with Crippen LogP contribution in [-0.4, -0.2) is 46.8 Å². The van der Waals surface area contributed by atoms with Gasteiger partial charge in [-0.05, 0) is 38.9 Å². The Balaban J connectivity index is 2.12. The molecule has 3 nitrogen and oxygen atoms in total. The molecule has 4 heteroatoms. The van der Waals surface area contributed by atoms with Gasteiger partial charge in [0.1, 0.15) is 0 Å². The fourth-order valence-electron chi connectivity index (χ4n) is 2.87. The summed E-state index contributed by atoms with van der Waals surface area (Å²) in [5.74, 6) is 0. The molecule has 1 N–H and O–H groups in total. The molecule has 1 aromatic carbocycles. The number of rotatable bonds is 4. The lowest BCUT2D eigenvalue weighted by molar-refractivity contribution is 0.222. The second kappa shape index (κ2) is 6.83. The lowest BCUT2D eigenvalue weighted by Gasteiger charge is -2.35. The first-order valence-corrected chi connectivity index (χ1v) is 8.98. The van der Waals surface area contributed by atoms with E-state index in [0.29, 0.717) is 0 Å². The molecule has 1 saturated heterocycles. The predicted octanol–water partition coefficient (Wildman–Crippen LogP) is 1.96. The summed E-state index contributed by atoms with van der Waals surface area (Å²) in [6.07, 6.45) is 2.95. The van der Waals surface area contributed by atoms with E-state index >= 15 is 0 Å². The lowest BCUT2D eigenvalue weighted by Crippen LogP contribution is -2.47. The Morgan fingerprint density at radius 1 is 1.40 bits per heavy atom. The number of nitrogens with one attached hydrogen (secondary N) is 1. The maximum absolute atomic E-state index is 11.6. The highest BCUT2D eigenvalue weighted by molar-refractivity contribution is 7.84. The van der Waals surface area contributed by atoms with Crippen LogP contribution >= 0.6 is 0 Å². The van der Waals surface area contributed by atoms with Crippen molar-refractivity contribution in [3.63, 3.8) is 0 Å². The van der Waals surface area contributed by atoms with Gasteiger partial charge in [0.15, 0.2) is 0 Å². The van der Waals surface area contributed by atoms with Gasteiger partial charge in [0.25, 0.3) is 0 Å². The molecule has 0 aliphatic carbocycles. The molecule has 1 heterocycles. The average molecular weight is 294 g/mol. The minimum Gasteiger partial charge on any atom is -0.307 e. The van der Waals surface area contributed by atoms with Gasteiger partial charge in [0, 0.05) is 35.4 Å². The van der Waals surface area contributed by atoms with Gasteiger partial charge in [0.2, 0.25) is 0 Å². The molecule has 2 rings (SSSR count). The van der Waals surface area contributed by atoms with E-state index < -0.39 is 10.8 Å². The molecule has 112 valence electrons. The molecule has 3 atom stereocenters. The first-order valence-electron chi connectivity index (χ1n) is 7.36. The Morgan fingerprint density at radius 2 is 2.10 bits per heavy atom. The van der Waals surface area contributed by atoms with E-state index in [4.69, 9.17) is 0 Å². The summed E-state index contributed by atoms with van der Waals surface area (Å²) in [5.41, 5.74) is 1.31.